The van der Waals surface area contributed by atoms with Crippen LogP contribution in [0.15, 0.2) is 126 Å². The molecule has 0 spiro atoms. The number of aromatic nitrogens is 2. The molecule has 1 amide bonds. The summed E-state index contributed by atoms with van der Waals surface area (Å²) in [6.45, 7) is 10.6. The number of ketones is 1. The Bertz CT molecular complexity index is 3120. The predicted octanol–water partition coefficient (Wildman–Crippen LogP) is 6.71. The van der Waals surface area contributed by atoms with E-state index in [-0.39, 0.29) is 44.2 Å². The van der Waals surface area contributed by atoms with Crippen LogP contribution in [0.25, 0.3) is 0 Å². The number of methoxy groups -OCH3 is 2. The van der Waals surface area contributed by atoms with Crippen molar-refractivity contribution in [3.05, 3.63) is 154 Å². The molecule has 0 radical (unpaired) electrons. The molecule has 4 aromatic carbocycles. The molecule has 464 valence electrons. The fraction of sp³-hybridized carbons (Fsp3) is 0.459. The summed E-state index contributed by atoms with van der Waals surface area (Å²) in [6.07, 6.45) is -9.60. The maximum atomic E-state index is 16.1. The van der Waals surface area contributed by atoms with Gasteiger partial charge >= 0.3 is 31.3 Å². The molecule has 1 aromatic heterocycles. The Morgan fingerprint density at radius 3 is 1.83 bits per heavy atom. The molecule has 2 aliphatic heterocycles. The van der Waals surface area contributed by atoms with Crippen LogP contribution in [0.5, 0.6) is 11.5 Å². The van der Waals surface area contributed by atoms with Gasteiger partial charge in [-0.15, -0.1) is 0 Å². The maximum absolute atomic E-state index is 16.1. The summed E-state index contributed by atoms with van der Waals surface area (Å²) in [5, 5.41) is 2.65. The molecule has 3 heterocycles. The van der Waals surface area contributed by atoms with Gasteiger partial charge in [-0.1, -0.05) is 84.9 Å². The van der Waals surface area contributed by atoms with Crippen molar-refractivity contribution in [3.63, 3.8) is 0 Å². The number of hydrogen-bond donors (Lipinski definition) is 2. The first kappa shape index (κ1) is 66.2. The Kier molecular flexibility index (Phi) is 23.3. The van der Waals surface area contributed by atoms with Crippen LogP contribution in [0.2, 0.25) is 0 Å². The summed E-state index contributed by atoms with van der Waals surface area (Å²) in [4.78, 5) is 82.5. The molecule has 7 rings (SSSR count). The van der Waals surface area contributed by atoms with Crippen LogP contribution in [0.3, 0.4) is 0 Å². The van der Waals surface area contributed by atoms with Gasteiger partial charge in [0, 0.05) is 58.0 Å². The minimum absolute atomic E-state index is 0.0411. The number of ether oxygens (including phenoxy) is 10. The summed E-state index contributed by atoms with van der Waals surface area (Å²) >= 11 is 0. The average Bonchev–Trinajstić information content (AvgIpc) is 1.24. The smallest absolute Gasteiger partial charge is 0.409 e. The minimum atomic E-state index is -4.56. The van der Waals surface area contributed by atoms with Crippen LogP contribution in [0.1, 0.15) is 95.1 Å². The number of nitrogen functional groups attached to an aromatic ring is 1. The molecule has 2 fully saturated rings. The highest BCUT2D eigenvalue weighted by atomic mass is 31.2. The van der Waals surface area contributed by atoms with E-state index in [2.05, 4.69) is 10.3 Å². The van der Waals surface area contributed by atoms with Gasteiger partial charge in [0.25, 0.3) is 0 Å². The number of hydrogen-bond acceptors (Lipinski definition) is 21. The van der Waals surface area contributed by atoms with Gasteiger partial charge in [-0.05, 0) is 74.7 Å². The molecule has 0 saturated carbocycles. The highest BCUT2D eigenvalue weighted by Gasteiger charge is 2.55. The fourth-order valence-corrected chi connectivity index (χ4v) is 12.8. The molecule has 86 heavy (non-hydrogen) atoms. The third-order valence-corrected chi connectivity index (χ3v) is 16.6. The van der Waals surface area contributed by atoms with E-state index in [4.69, 9.17) is 62.1 Å². The van der Waals surface area contributed by atoms with Gasteiger partial charge in [0.15, 0.2) is 30.4 Å². The van der Waals surface area contributed by atoms with E-state index in [9.17, 15) is 24.0 Å². The van der Waals surface area contributed by atoms with E-state index in [0.717, 1.165) is 13.8 Å². The van der Waals surface area contributed by atoms with Gasteiger partial charge in [-0.2, -0.15) is 4.98 Å². The van der Waals surface area contributed by atoms with Gasteiger partial charge in [0.05, 0.1) is 40.6 Å². The van der Waals surface area contributed by atoms with Gasteiger partial charge in [0.2, 0.25) is 5.91 Å². The Morgan fingerprint density at radius 2 is 1.29 bits per heavy atom. The number of rotatable bonds is 29. The zero-order valence-electron chi connectivity index (χ0n) is 49.8. The van der Waals surface area contributed by atoms with Crippen molar-refractivity contribution in [2.45, 2.75) is 135 Å². The van der Waals surface area contributed by atoms with Gasteiger partial charge in [-0.25, -0.2) is 14.0 Å². The quantitative estimate of drug-likeness (QED) is 0.0126. The fourth-order valence-electron chi connectivity index (χ4n) is 10.6. The van der Waals surface area contributed by atoms with Crippen molar-refractivity contribution in [2.24, 2.45) is 0 Å². The topological polar surface area (TPSA) is 289 Å². The van der Waals surface area contributed by atoms with Crippen LogP contribution >= 0.6 is 7.75 Å². The Labute approximate surface area is 499 Å². The molecule has 5 aromatic rings. The molecule has 3 N–H and O–H groups in total. The zero-order valence-corrected chi connectivity index (χ0v) is 50.7. The first-order valence-electron chi connectivity index (χ1n) is 28.0. The molecular weight excluding hydrogens is 1140 g/mol. The second-order valence-electron chi connectivity index (χ2n) is 20.8. The van der Waals surface area contributed by atoms with Crippen LogP contribution in [0.4, 0.5) is 5.82 Å². The third kappa shape index (κ3) is 16.4. The number of carbonyl (C=O) groups excluding carboxylic acids is 5. The van der Waals surface area contributed by atoms with Crippen molar-refractivity contribution < 1.29 is 85.0 Å². The molecule has 10 atom stereocenters. The van der Waals surface area contributed by atoms with Crippen LogP contribution < -0.4 is 26.2 Å². The van der Waals surface area contributed by atoms with Gasteiger partial charge in [-0.3, -0.25) is 37.6 Å². The monoisotopic (exact) mass is 1210 g/mol. The van der Waals surface area contributed by atoms with Gasteiger partial charge < -0.3 is 58.4 Å². The molecule has 2 saturated heterocycles. The van der Waals surface area contributed by atoms with E-state index >= 15 is 9.36 Å². The number of nitrogens with zero attached hydrogens (tertiary/aromatic N) is 3. The summed E-state index contributed by atoms with van der Waals surface area (Å²) in [5.41, 5.74) is 5.60. The van der Waals surface area contributed by atoms with Crippen molar-refractivity contribution >= 4 is 43.2 Å². The highest BCUT2D eigenvalue weighted by Crippen LogP contribution is 2.58. The number of nitrogens with one attached hydrogen (secondary N) is 1. The molecule has 2 aliphatic rings. The lowest BCUT2D eigenvalue weighted by molar-refractivity contribution is -0.279. The van der Waals surface area contributed by atoms with Crippen molar-refractivity contribution in [2.75, 3.05) is 53.0 Å². The lowest BCUT2D eigenvalue weighted by Crippen LogP contribution is -2.66. The lowest BCUT2D eigenvalue weighted by atomic mass is 9.79. The number of amides is 1. The largest absolute Gasteiger partial charge is 0.497 e. The van der Waals surface area contributed by atoms with E-state index in [1.54, 1.807) is 73.5 Å². The van der Waals surface area contributed by atoms with Crippen molar-refractivity contribution in [1.29, 1.82) is 0 Å². The summed E-state index contributed by atoms with van der Waals surface area (Å²) in [5.74, 6) is -2.24. The Balaban J connectivity index is 1.24. The minimum Gasteiger partial charge on any atom is -0.497 e. The Hall–Kier alpha value is -7.38. The first-order valence-corrected chi connectivity index (χ1v) is 29.5. The first-order chi connectivity index (χ1) is 41.1. The Morgan fingerprint density at radius 1 is 0.733 bits per heavy atom. The number of carbonyl (C=O) groups is 5. The van der Waals surface area contributed by atoms with E-state index < -0.39 is 123 Å². The standard InChI is InChI=1S/C61H76N5O19P/c1-37(2)66(38(3)4)86(73,79-34-32-76-31-33-77-59-53(63-39(5)67)57(81-42(8)70)56(80-41(7)69)50(82-59)36-78-40(6)68)85-49-35-52(65-30-29-51(62)64-60(65)72)83-55(49)58(54(71)43-17-13-11-14-18-43)84-61(44-19-15-12-16-20-44,45-21-25-47(74-9)26-22-45)46-23-27-48(75-10)28-24-46/h11-30,37-38,49-50,52-53,55-59H,31-36H2,1-10H3,(H,63,67)(H2,62,64,72)/t49-,50+,52+,53+,55-,56-,57+,58?,59+,86?/m0/s1. The van der Waals surface area contributed by atoms with Crippen LogP contribution in [-0.2, 0) is 76.3 Å². The van der Waals surface area contributed by atoms with Crippen LogP contribution in [-0.4, -0.2) is 152 Å². The van der Waals surface area contributed by atoms with Crippen molar-refractivity contribution in [3.8, 4) is 11.5 Å². The summed E-state index contributed by atoms with van der Waals surface area (Å²) < 4.78 is 92.3. The second kappa shape index (κ2) is 30.3. The SMILES string of the molecule is COc1ccc(C(OC(C(=O)c2ccccc2)[C@H]2O[C@@H](n3ccc(N)nc3=O)C[C@@H]2OP(=O)(OCCOCCO[C@@H]2O[C@H](COC(C)=O)[C@H](OC(C)=O)[C@H](OC(C)=O)[C@H]2NC(C)=O)N(C(C)C)C(C)C)(c2ccccc2)c2ccc(OC)cc2)cc1. The number of esters is 3. The van der Waals surface area contributed by atoms with E-state index in [0.29, 0.717) is 28.2 Å². The third-order valence-electron chi connectivity index (χ3n) is 14.0. The predicted molar refractivity (Wildman–Crippen MR) is 311 cm³/mol. The molecule has 0 bridgehead atoms. The van der Waals surface area contributed by atoms with E-state index in [1.807, 2.05) is 82.3 Å². The molecule has 24 nitrogen and oxygen atoms in total. The average molecular weight is 1210 g/mol. The molecular formula is C61H76N5O19P. The van der Waals surface area contributed by atoms with E-state index in [1.165, 1.54) is 30.7 Å². The molecule has 25 heteroatoms. The summed E-state index contributed by atoms with van der Waals surface area (Å²) in [6, 6.07) is 31.5. The van der Waals surface area contributed by atoms with Gasteiger partial charge in [0.1, 0.15) is 60.1 Å². The highest BCUT2D eigenvalue weighted by molar-refractivity contribution is 7.51. The number of Topliss-reactive ketones (excluding diaryl/α,β-unsaturated/α-hetero) is 1. The zero-order chi connectivity index (χ0) is 62.3. The normalized spacial score (nSPS) is 21.5. The molecule has 2 unspecified atom stereocenters. The molecule has 0 aliphatic carbocycles. The van der Waals surface area contributed by atoms with Crippen LogP contribution in [0, 0.1) is 0 Å². The van der Waals surface area contributed by atoms with Crippen molar-refractivity contribution in [1.82, 2.24) is 19.5 Å². The number of nitrogens with two attached hydrogens (primary N) is 1. The number of benzene rings is 4. The number of anilines is 1. The summed E-state index contributed by atoms with van der Waals surface area (Å²) in [7, 11) is -1.45. The second-order valence-corrected chi connectivity index (χ2v) is 22.7. The lowest BCUT2D eigenvalue weighted by Gasteiger charge is -2.44. The maximum Gasteiger partial charge on any atom is 0.409 e.